The van der Waals surface area contributed by atoms with Crippen LogP contribution in [-0.4, -0.2) is 40.3 Å². The van der Waals surface area contributed by atoms with E-state index in [-0.39, 0.29) is 5.91 Å². The molecule has 7 heteroatoms. The van der Waals surface area contributed by atoms with Crippen LogP contribution in [-0.2, 0) is 4.74 Å². The summed E-state index contributed by atoms with van der Waals surface area (Å²) >= 11 is 0. The van der Waals surface area contributed by atoms with Crippen LogP contribution < -0.4 is 19.5 Å². The zero-order valence-electron chi connectivity index (χ0n) is 15.3. The summed E-state index contributed by atoms with van der Waals surface area (Å²) in [5, 5.41) is 2.79. The summed E-state index contributed by atoms with van der Waals surface area (Å²) in [6.45, 7) is 1.83. The molecule has 1 N–H and O–H groups in total. The lowest BCUT2D eigenvalue weighted by Crippen LogP contribution is -2.14. The first-order chi connectivity index (χ1) is 12.4. The number of anilines is 1. The summed E-state index contributed by atoms with van der Waals surface area (Å²) in [6, 6.07) is 8.04. The van der Waals surface area contributed by atoms with Crippen molar-refractivity contribution in [3.05, 3.63) is 47.0 Å². The van der Waals surface area contributed by atoms with Gasteiger partial charge in [-0.15, -0.1) is 0 Å². The molecule has 0 aromatic heterocycles. The Labute approximate surface area is 151 Å². The van der Waals surface area contributed by atoms with E-state index in [1.54, 1.807) is 30.3 Å². The smallest absolute Gasteiger partial charge is 0.337 e. The molecule has 0 heterocycles. The molecular weight excluding hydrogens is 338 g/mol. The molecule has 0 fully saturated rings. The second kappa shape index (κ2) is 8.24. The van der Waals surface area contributed by atoms with E-state index in [0.29, 0.717) is 34.1 Å². The Kier molecular flexibility index (Phi) is 6.06. The number of aryl methyl sites for hydroxylation is 1. The number of rotatable bonds is 6. The van der Waals surface area contributed by atoms with Gasteiger partial charge >= 0.3 is 5.97 Å². The third-order valence-electron chi connectivity index (χ3n) is 3.83. The molecule has 0 bridgehead atoms. The zero-order valence-corrected chi connectivity index (χ0v) is 15.3. The number of methoxy groups -OCH3 is 4. The highest BCUT2D eigenvalue weighted by molar-refractivity contribution is 6.06. The van der Waals surface area contributed by atoms with Gasteiger partial charge in [-0.2, -0.15) is 0 Å². The zero-order chi connectivity index (χ0) is 19.3. The van der Waals surface area contributed by atoms with Crippen molar-refractivity contribution in [1.82, 2.24) is 0 Å². The summed E-state index contributed by atoms with van der Waals surface area (Å²) < 4.78 is 20.5. The average molecular weight is 359 g/mol. The third kappa shape index (κ3) is 3.88. The predicted molar refractivity (Wildman–Crippen MR) is 96.6 cm³/mol. The first kappa shape index (κ1) is 19.1. The van der Waals surface area contributed by atoms with E-state index in [1.165, 1.54) is 28.4 Å². The lowest BCUT2D eigenvalue weighted by molar-refractivity contribution is 0.0600. The van der Waals surface area contributed by atoms with Crippen LogP contribution in [0.15, 0.2) is 30.3 Å². The molecule has 1 amide bonds. The van der Waals surface area contributed by atoms with Crippen LogP contribution in [0.2, 0.25) is 0 Å². The van der Waals surface area contributed by atoms with Crippen molar-refractivity contribution in [3.63, 3.8) is 0 Å². The number of hydrogen-bond acceptors (Lipinski definition) is 6. The first-order valence-electron chi connectivity index (χ1n) is 7.75. The second-order valence-corrected chi connectivity index (χ2v) is 5.39. The Morgan fingerprint density at radius 2 is 1.46 bits per heavy atom. The summed E-state index contributed by atoms with van der Waals surface area (Å²) in [6.07, 6.45) is 0. The average Bonchev–Trinajstić information content (AvgIpc) is 2.67. The van der Waals surface area contributed by atoms with Crippen LogP contribution in [0.1, 0.15) is 26.3 Å². The van der Waals surface area contributed by atoms with Crippen molar-refractivity contribution >= 4 is 17.6 Å². The quantitative estimate of drug-likeness (QED) is 0.798. The van der Waals surface area contributed by atoms with Gasteiger partial charge < -0.3 is 24.3 Å². The van der Waals surface area contributed by atoms with Crippen molar-refractivity contribution in [2.45, 2.75) is 6.92 Å². The predicted octanol–water partition coefficient (Wildman–Crippen LogP) is 3.06. The van der Waals surface area contributed by atoms with Gasteiger partial charge in [-0.25, -0.2) is 4.79 Å². The van der Waals surface area contributed by atoms with Gasteiger partial charge in [-0.05, 0) is 36.8 Å². The van der Waals surface area contributed by atoms with Gasteiger partial charge in [0.2, 0.25) is 5.75 Å². The van der Waals surface area contributed by atoms with E-state index in [2.05, 4.69) is 5.32 Å². The molecule has 0 aliphatic rings. The fraction of sp³-hybridized carbons (Fsp3) is 0.263. The SMILES string of the molecule is COC(=O)c1ccc(C)c(NC(=O)c2cc(OC)c(OC)c(OC)c2)c1. The van der Waals surface area contributed by atoms with Crippen molar-refractivity contribution < 1.29 is 28.5 Å². The monoisotopic (exact) mass is 359 g/mol. The highest BCUT2D eigenvalue weighted by Gasteiger charge is 2.18. The molecule has 0 saturated carbocycles. The largest absolute Gasteiger partial charge is 0.493 e. The van der Waals surface area contributed by atoms with Crippen LogP contribution in [0.3, 0.4) is 0 Å². The standard InChI is InChI=1S/C19H21NO6/c1-11-6-7-12(19(22)26-5)8-14(11)20-18(21)13-9-15(23-2)17(25-4)16(10-13)24-3/h6-10H,1-5H3,(H,20,21). The van der Waals surface area contributed by atoms with Gasteiger partial charge in [0, 0.05) is 11.3 Å². The summed E-state index contributed by atoms with van der Waals surface area (Å²) in [4.78, 5) is 24.4. The molecule has 7 nitrogen and oxygen atoms in total. The number of benzene rings is 2. The van der Waals surface area contributed by atoms with Crippen molar-refractivity contribution in [2.75, 3.05) is 33.8 Å². The third-order valence-corrected chi connectivity index (χ3v) is 3.83. The molecule has 0 radical (unpaired) electrons. The minimum absolute atomic E-state index is 0.322. The lowest BCUT2D eigenvalue weighted by Gasteiger charge is -2.15. The lowest BCUT2D eigenvalue weighted by atomic mass is 10.1. The maximum atomic E-state index is 12.7. The molecule has 0 aliphatic heterocycles. The molecule has 0 atom stereocenters. The van der Waals surface area contributed by atoms with Crippen molar-refractivity contribution in [2.24, 2.45) is 0 Å². The number of esters is 1. The summed E-state index contributed by atoms with van der Waals surface area (Å²) in [7, 11) is 5.74. The van der Waals surface area contributed by atoms with Crippen LogP contribution in [0.4, 0.5) is 5.69 Å². The molecule has 0 aliphatic carbocycles. The number of carbonyl (C=O) groups excluding carboxylic acids is 2. The maximum Gasteiger partial charge on any atom is 0.337 e. The Balaban J connectivity index is 2.37. The number of amides is 1. The fourth-order valence-electron chi connectivity index (χ4n) is 2.41. The Morgan fingerprint density at radius 1 is 0.846 bits per heavy atom. The Bertz CT molecular complexity index is 806. The van der Waals surface area contributed by atoms with Crippen molar-refractivity contribution in [1.29, 1.82) is 0 Å². The number of carbonyl (C=O) groups is 2. The molecule has 2 aromatic rings. The number of hydrogen-bond donors (Lipinski definition) is 1. The molecule has 26 heavy (non-hydrogen) atoms. The fourth-order valence-corrected chi connectivity index (χ4v) is 2.41. The van der Waals surface area contributed by atoms with E-state index < -0.39 is 5.97 Å². The molecule has 2 aromatic carbocycles. The summed E-state index contributed by atoms with van der Waals surface area (Å²) in [5.41, 5.74) is 1.98. The minimum atomic E-state index is -0.478. The minimum Gasteiger partial charge on any atom is -0.493 e. The van der Waals surface area contributed by atoms with E-state index >= 15 is 0 Å². The highest BCUT2D eigenvalue weighted by Crippen LogP contribution is 2.38. The maximum absolute atomic E-state index is 12.7. The van der Waals surface area contributed by atoms with Crippen LogP contribution in [0, 0.1) is 6.92 Å². The van der Waals surface area contributed by atoms with E-state index in [1.807, 2.05) is 6.92 Å². The molecule has 0 spiro atoms. The van der Waals surface area contributed by atoms with Gasteiger partial charge in [-0.3, -0.25) is 4.79 Å². The number of ether oxygens (including phenoxy) is 4. The normalized spacial score (nSPS) is 10.0. The van der Waals surface area contributed by atoms with E-state index in [4.69, 9.17) is 18.9 Å². The number of nitrogens with one attached hydrogen (secondary N) is 1. The van der Waals surface area contributed by atoms with Crippen molar-refractivity contribution in [3.8, 4) is 17.2 Å². The second-order valence-electron chi connectivity index (χ2n) is 5.39. The Hall–Kier alpha value is -3.22. The van der Waals surface area contributed by atoms with Crippen LogP contribution in [0.5, 0.6) is 17.2 Å². The van der Waals surface area contributed by atoms with Gasteiger partial charge in [0.1, 0.15) is 0 Å². The topological polar surface area (TPSA) is 83.1 Å². The van der Waals surface area contributed by atoms with E-state index in [0.717, 1.165) is 5.56 Å². The molecule has 2 rings (SSSR count). The summed E-state index contributed by atoms with van der Waals surface area (Å²) in [5.74, 6) is 0.284. The van der Waals surface area contributed by atoms with Gasteiger partial charge in [0.05, 0.1) is 34.0 Å². The van der Waals surface area contributed by atoms with Crippen LogP contribution >= 0.6 is 0 Å². The molecule has 0 saturated heterocycles. The van der Waals surface area contributed by atoms with Gasteiger partial charge in [-0.1, -0.05) is 6.07 Å². The highest BCUT2D eigenvalue weighted by atomic mass is 16.5. The first-order valence-corrected chi connectivity index (χ1v) is 7.75. The molecule has 138 valence electrons. The van der Waals surface area contributed by atoms with Gasteiger partial charge in [0.15, 0.2) is 11.5 Å². The van der Waals surface area contributed by atoms with E-state index in [9.17, 15) is 9.59 Å². The Morgan fingerprint density at radius 3 is 1.96 bits per heavy atom. The van der Waals surface area contributed by atoms with Crippen LogP contribution in [0.25, 0.3) is 0 Å². The molecular formula is C19H21NO6. The van der Waals surface area contributed by atoms with Gasteiger partial charge in [0.25, 0.3) is 5.91 Å². The molecule has 0 unspecified atom stereocenters.